The Hall–Kier alpha value is 0.257. The van der Waals surface area contributed by atoms with Crippen LogP contribution in [-0.4, -0.2) is 20.0 Å². The van der Waals surface area contributed by atoms with Gasteiger partial charge in [0.2, 0.25) is 0 Å². The molecule has 72 valence electrons. The Balaban J connectivity index is 0. The van der Waals surface area contributed by atoms with E-state index in [1.54, 1.807) is 0 Å². The molecular weight excluding hydrogens is 159 g/mol. The predicted molar refractivity (Wildman–Crippen MR) is 50.8 cm³/mol. The molecule has 0 aliphatic carbocycles. The first-order valence-electron chi connectivity index (χ1n) is 4.51. The monoisotopic (exact) mass is 178 g/mol. The van der Waals surface area contributed by atoms with Gasteiger partial charge in [0.25, 0.3) is 0 Å². The standard InChI is InChI=1S/C10H19O2.Li/c1-3-5-6-7-9-12-10-11-8-4-2;/h5-6H,1,3-4,7-10H2,2H3;/q-1;+1. The van der Waals surface area contributed by atoms with Crippen LogP contribution in [0.3, 0.4) is 0 Å². The van der Waals surface area contributed by atoms with E-state index in [0.717, 1.165) is 32.5 Å². The Morgan fingerprint density at radius 3 is 2.46 bits per heavy atom. The van der Waals surface area contributed by atoms with Crippen LogP contribution in [0.2, 0.25) is 0 Å². The van der Waals surface area contributed by atoms with Crippen molar-refractivity contribution >= 4 is 0 Å². The zero-order valence-corrected chi connectivity index (χ0v) is 8.92. The van der Waals surface area contributed by atoms with E-state index in [4.69, 9.17) is 9.47 Å². The Labute approximate surface area is 93.9 Å². The van der Waals surface area contributed by atoms with E-state index in [0.29, 0.717) is 6.79 Å². The quantitative estimate of drug-likeness (QED) is 0.165. The number of allylic oxidation sites excluding steroid dienone is 1. The fraction of sp³-hybridized carbons (Fsp3) is 0.700. The molecule has 3 heteroatoms. The van der Waals surface area contributed by atoms with Crippen LogP contribution in [-0.2, 0) is 9.47 Å². The number of rotatable bonds is 8. The van der Waals surface area contributed by atoms with E-state index in [1.807, 2.05) is 6.08 Å². The molecule has 0 aromatic rings. The van der Waals surface area contributed by atoms with Crippen LogP contribution in [0.15, 0.2) is 12.2 Å². The molecule has 0 N–H and O–H groups in total. The summed E-state index contributed by atoms with van der Waals surface area (Å²) in [6.07, 6.45) is 6.96. The van der Waals surface area contributed by atoms with Crippen LogP contribution < -0.4 is 18.9 Å². The van der Waals surface area contributed by atoms with Crippen LogP contribution in [0.1, 0.15) is 26.2 Å². The molecule has 0 bridgehead atoms. The van der Waals surface area contributed by atoms with Gasteiger partial charge >= 0.3 is 18.9 Å². The summed E-state index contributed by atoms with van der Waals surface area (Å²) in [6.45, 7) is 7.72. The molecule has 0 radical (unpaired) electrons. The minimum absolute atomic E-state index is 0. The maximum atomic E-state index is 5.19. The van der Waals surface area contributed by atoms with Gasteiger partial charge in [-0.3, -0.25) is 0 Å². The van der Waals surface area contributed by atoms with Gasteiger partial charge in [0, 0.05) is 6.61 Å². The molecule has 2 nitrogen and oxygen atoms in total. The molecular formula is C10H19LiO2. The Kier molecular flexibility index (Phi) is 17.8. The van der Waals surface area contributed by atoms with Crippen molar-refractivity contribution in [3.05, 3.63) is 19.1 Å². The van der Waals surface area contributed by atoms with Gasteiger partial charge in [-0.15, -0.1) is 6.08 Å². The molecule has 0 saturated carbocycles. The van der Waals surface area contributed by atoms with Gasteiger partial charge in [-0.2, -0.15) is 6.42 Å². The second-order valence-electron chi connectivity index (χ2n) is 2.48. The molecule has 0 aliphatic rings. The summed E-state index contributed by atoms with van der Waals surface area (Å²) < 4.78 is 10.3. The summed E-state index contributed by atoms with van der Waals surface area (Å²) >= 11 is 0. The minimum atomic E-state index is 0. The zero-order chi connectivity index (χ0) is 9.07. The van der Waals surface area contributed by atoms with Crippen molar-refractivity contribution in [1.29, 1.82) is 0 Å². The molecule has 13 heavy (non-hydrogen) atoms. The third kappa shape index (κ3) is 15.0. The van der Waals surface area contributed by atoms with Gasteiger partial charge in [0.15, 0.2) is 0 Å². The molecule has 0 atom stereocenters. The van der Waals surface area contributed by atoms with Crippen molar-refractivity contribution in [3.8, 4) is 0 Å². The van der Waals surface area contributed by atoms with Crippen LogP contribution in [0.25, 0.3) is 0 Å². The normalized spacial score (nSPS) is 10.3. The molecule has 0 rings (SSSR count). The Bertz CT molecular complexity index is 105. The summed E-state index contributed by atoms with van der Waals surface area (Å²) in [4.78, 5) is 0. The maximum Gasteiger partial charge on any atom is 1.00 e. The summed E-state index contributed by atoms with van der Waals surface area (Å²) in [5, 5.41) is 0. The first-order valence-corrected chi connectivity index (χ1v) is 4.51. The van der Waals surface area contributed by atoms with E-state index in [-0.39, 0.29) is 18.9 Å². The van der Waals surface area contributed by atoms with Gasteiger partial charge in [0.1, 0.15) is 6.79 Å². The van der Waals surface area contributed by atoms with Crippen LogP contribution in [0.5, 0.6) is 0 Å². The second-order valence-corrected chi connectivity index (χ2v) is 2.48. The Morgan fingerprint density at radius 2 is 1.85 bits per heavy atom. The van der Waals surface area contributed by atoms with Crippen molar-refractivity contribution in [3.63, 3.8) is 0 Å². The maximum absolute atomic E-state index is 5.19. The van der Waals surface area contributed by atoms with Gasteiger partial charge in [-0.25, -0.2) is 0 Å². The van der Waals surface area contributed by atoms with Crippen molar-refractivity contribution < 1.29 is 28.3 Å². The molecule has 0 fully saturated rings. The van der Waals surface area contributed by atoms with Gasteiger partial charge < -0.3 is 16.4 Å². The summed E-state index contributed by atoms with van der Waals surface area (Å²) in [7, 11) is 0. The van der Waals surface area contributed by atoms with Crippen LogP contribution >= 0.6 is 0 Å². The van der Waals surface area contributed by atoms with E-state index < -0.39 is 0 Å². The second kappa shape index (κ2) is 14.8. The fourth-order valence-corrected chi connectivity index (χ4v) is 0.708. The predicted octanol–water partition coefficient (Wildman–Crippen LogP) is -0.438. The van der Waals surface area contributed by atoms with Gasteiger partial charge in [-0.05, 0) is 12.8 Å². The minimum Gasteiger partial charge on any atom is -0.355 e. The molecule has 0 aromatic carbocycles. The smallest absolute Gasteiger partial charge is 0.355 e. The summed E-state index contributed by atoms with van der Waals surface area (Å²) in [6, 6.07) is 0. The van der Waals surface area contributed by atoms with E-state index >= 15 is 0 Å². The van der Waals surface area contributed by atoms with Crippen molar-refractivity contribution in [2.24, 2.45) is 0 Å². The first-order chi connectivity index (χ1) is 5.91. The van der Waals surface area contributed by atoms with Crippen LogP contribution in [0, 0.1) is 6.92 Å². The first kappa shape index (κ1) is 15.7. The molecule has 0 amide bonds. The van der Waals surface area contributed by atoms with Gasteiger partial charge in [0.05, 0.1) is 6.61 Å². The number of hydrogen-bond acceptors (Lipinski definition) is 2. The number of hydrogen-bond donors (Lipinski definition) is 0. The average Bonchev–Trinajstić information content (AvgIpc) is 2.10. The van der Waals surface area contributed by atoms with Crippen molar-refractivity contribution in [1.82, 2.24) is 0 Å². The average molecular weight is 178 g/mol. The molecule has 0 spiro atoms. The largest absolute Gasteiger partial charge is 1.00 e. The Morgan fingerprint density at radius 1 is 1.15 bits per heavy atom. The fourth-order valence-electron chi connectivity index (χ4n) is 0.708. The summed E-state index contributed by atoms with van der Waals surface area (Å²) in [5.41, 5.74) is 0. The van der Waals surface area contributed by atoms with Gasteiger partial charge in [-0.1, -0.05) is 13.0 Å². The molecule has 0 saturated heterocycles. The topological polar surface area (TPSA) is 18.5 Å². The third-order valence-corrected chi connectivity index (χ3v) is 1.28. The SMILES string of the molecule is [CH2-]CC=CCCOCOCCC.[Li+]. The van der Waals surface area contributed by atoms with Crippen molar-refractivity contribution in [2.75, 3.05) is 20.0 Å². The van der Waals surface area contributed by atoms with Crippen molar-refractivity contribution in [2.45, 2.75) is 26.2 Å². The molecule has 0 unspecified atom stereocenters. The van der Waals surface area contributed by atoms with Crippen LogP contribution in [0.4, 0.5) is 0 Å². The van der Waals surface area contributed by atoms with E-state index in [2.05, 4.69) is 19.9 Å². The zero-order valence-electron chi connectivity index (χ0n) is 8.92. The molecule has 0 aromatic heterocycles. The summed E-state index contributed by atoms with van der Waals surface area (Å²) in [5.74, 6) is 0. The molecule has 0 heterocycles. The molecule has 0 aliphatic heterocycles. The van der Waals surface area contributed by atoms with E-state index in [1.165, 1.54) is 0 Å². The third-order valence-electron chi connectivity index (χ3n) is 1.28. The van der Waals surface area contributed by atoms with E-state index in [9.17, 15) is 0 Å². The number of ether oxygens (including phenoxy) is 2.